The lowest BCUT2D eigenvalue weighted by molar-refractivity contribution is 0.481. The third-order valence-corrected chi connectivity index (χ3v) is 8.05. The zero-order valence-corrected chi connectivity index (χ0v) is 19.2. The van der Waals surface area contributed by atoms with Crippen molar-refractivity contribution in [1.82, 2.24) is 0 Å². The largest absolute Gasteiger partial charge is 0.456 e. The van der Waals surface area contributed by atoms with Crippen LogP contribution in [0.1, 0.15) is 11.1 Å². The second kappa shape index (κ2) is 10.3. The molecule has 0 unspecified atom stereocenters. The Labute approximate surface area is 197 Å². The highest BCUT2D eigenvalue weighted by Gasteiger charge is 2.20. The van der Waals surface area contributed by atoms with Crippen molar-refractivity contribution in [2.45, 2.75) is 6.42 Å². The summed E-state index contributed by atoms with van der Waals surface area (Å²) in [5.41, 5.74) is 2.46. The SMILES string of the molecule is c1ccc(Cc2ccccc2Oc2ccccc2P(c2ccccc2)c2ccccc2)cc1. The molecule has 5 aromatic carbocycles. The number of rotatable bonds is 7. The van der Waals surface area contributed by atoms with Gasteiger partial charge in [-0.15, -0.1) is 0 Å². The first kappa shape index (κ1) is 21.2. The summed E-state index contributed by atoms with van der Waals surface area (Å²) in [6.45, 7) is 0. The predicted octanol–water partition coefficient (Wildman–Crippen LogP) is 6.83. The molecule has 5 rings (SSSR count). The van der Waals surface area contributed by atoms with E-state index in [1.165, 1.54) is 27.0 Å². The third-order valence-electron chi connectivity index (χ3n) is 5.56. The van der Waals surface area contributed by atoms with Crippen molar-refractivity contribution in [2.75, 3.05) is 0 Å². The number of hydrogen-bond acceptors (Lipinski definition) is 1. The van der Waals surface area contributed by atoms with Crippen LogP contribution < -0.4 is 20.7 Å². The zero-order chi connectivity index (χ0) is 22.3. The van der Waals surface area contributed by atoms with Gasteiger partial charge in [-0.3, -0.25) is 0 Å². The lowest BCUT2D eigenvalue weighted by Gasteiger charge is -2.22. The normalized spacial score (nSPS) is 10.8. The molecule has 0 aliphatic carbocycles. The van der Waals surface area contributed by atoms with Crippen LogP contribution in [-0.2, 0) is 6.42 Å². The Hall–Kier alpha value is -3.67. The third kappa shape index (κ3) is 5.06. The average Bonchev–Trinajstić information content (AvgIpc) is 2.88. The van der Waals surface area contributed by atoms with E-state index in [0.717, 1.165) is 17.9 Å². The highest BCUT2D eigenvalue weighted by molar-refractivity contribution is 7.80. The number of para-hydroxylation sites is 2. The molecular weight excluding hydrogens is 419 g/mol. The molecule has 0 aliphatic rings. The van der Waals surface area contributed by atoms with Crippen LogP contribution in [0, 0.1) is 0 Å². The Morgan fingerprint density at radius 1 is 0.455 bits per heavy atom. The van der Waals surface area contributed by atoms with Gasteiger partial charge in [-0.1, -0.05) is 127 Å². The van der Waals surface area contributed by atoms with Gasteiger partial charge in [0.1, 0.15) is 11.5 Å². The molecule has 0 spiro atoms. The van der Waals surface area contributed by atoms with Crippen molar-refractivity contribution in [2.24, 2.45) is 0 Å². The molecule has 160 valence electrons. The highest BCUT2D eigenvalue weighted by atomic mass is 31.1. The van der Waals surface area contributed by atoms with Crippen molar-refractivity contribution >= 4 is 23.8 Å². The summed E-state index contributed by atoms with van der Waals surface area (Å²) in [7, 11) is -0.746. The van der Waals surface area contributed by atoms with Crippen molar-refractivity contribution in [1.29, 1.82) is 0 Å². The Morgan fingerprint density at radius 3 is 1.58 bits per heavy atom. The van der Waals surface area contributed by atoms with Gasteiger partial charge >= 0.3 is 0 Å². The van der Waals surface area contributed by atoms with Gasteiger partial charge in [0.2, 0.25) is 0 Å². The molecule has 0 amide bonds. The maximum atomic E-state index is 6.65. The molecule has 0 fully saturated rings. The van der Waals surface area contributed by atoms with Gasteiger partial charge in [0, 0.05) is 11.7 Å². The van der Waals surface area contributed by atoms with Gasteiger partial charge < -0.3 is 4.74 Å². The molecule has 0 saturated heterocycles. The first-order chi connectivity index (χ1) is 16.4. The molecule has 0 heterocycles. The van der Waals surface area contributed by atoms with Crippen LogP contribution in [0.25, 0.3) is 0 Å². The molecule has 0 aromatic heterocycles. The van der Waals surface area contributed by atoms with Crippen molar-refractivity contribution < 1.29 is 4.74 Å². The predicted molar refractivity (Wildman–Crippen MR) is 141 cm³/mol. The summed E-state index contributed by atoms with van der Waals surface area (Å²) in [5.74, 6) is 1.82. The maximum Gasteiger partial charge on any atom is 0.135 e. The fourth-order valence-electron chi connectivity index (χ4n) is 3.99. The topological polar surface area (TPSA) is 9.23 Å². The summed E-state index contributed by atoms with van der Waals surface area (Å²) in [4.78, 5) is 0. The van der Waals surface area contributed by atoms with Gasteiger partial charge in [-0.05, 0) is 41.8 Å². The zero-order valence-electron chi connectivity index (χ0n) is 18.3. The second-order valence-corrected chi connectivity index (χ2v) is 10.0. The molecule has 0 bridgehead atoms. The maximum absolute atomic E-state index is 6.65. The smallest absolute Gasteiger partial charge is 0.135 e. The van der Waals surface area contributed by atoms with Crippen LogP contribution in [0.5, 0.6) is 11.5 Å². The Bertz CT molecular complexity index is 1260. The summed E-state index contributed by atoms with van der Waals surface area (Å²) >= 11 is 0. The van der Waals surface area contributed by atoms with Gasteiger partial charge in [0.05, 0.1) is 0 Å². The van der Waals surface area contributed by atoms with Crippen LogP contribution in [0.2, 0.25) is 0 Å². The van der Waals surface area contributed by atoms with Crippen LogP contribution >= 0.6 is 7.92 Å². The molecule has 33 heavy (non-hydrogen) atoms. The quantitative estimate of drug-likeness (QED) is 0.250. The minimum absolute atomic E-state index is 0.746. The first-order valence-corrected chi connectivity index (χ1v) is 12.5. The van der Waals surface area contributed by atoms with Gasteiger partial charge in [-0.2, -0.15) is 0 Å². The average molecular weight is 445 g/mol. The van der Waals surface area contributed by atoms with E-state index in [1.807, 2.05) is 6.07 Å². The summed E-state index contributed by atoms with van der Waals surface area (Å²) in [5, 5.41) is 3.85. The molecule has 0 aliphatic heterocycles. The molecule has 0 saturated carbocycles. The van der Waals surface area contributed by atoms with Gasteiger partial charge in [0.25, 0.3) is 0 Å². The Kier molecular flexibility index (Phi) is 6.61. The number of hydrogen-bond donors (Lipinski definition) is 0. The lowest BCUT2D eigenvalue weighted by Crippen LogP contribution is -2.21. The molecular formula is C31H25OP. The standard InChI is InChI=1S/C31H25OP/c1-4-14-25(15-5-1)24-26-16-10-11-21-29(26)32-30-22-12-13-23-31(30)33(27-17-6-2-7-18-27)28-19-8-3-9-20-28/h1-23H,24H2. The minimum atomic E-state index is -0.746. The van der Waals surface area contributed by atoms with E-state index in [9.17, 15) is 0 Å². The second-order valence-electron chi connectivity index (χ2n) is 7.85. The first-order valence-electron chi connectivity index (χ1n) is 11.2. The van der Waals surface area contributed by atoms with Crippen LogP contribution in [0.15, 0.2) is 140 Å². The molecule has 0 radical (unpaired) electrons. The van der Waals surface area contributed by atoms with Crippen molar-refractivity contribution in [3.8, 4) is 11.5 Å². The van der Waals surface area contributed by atoms with E-state index in [-0.39, 0.29) is 0 Å². The summed E-state index contributed by atoms with van der Waals surface area (Å²) in [6, 6.07) is 48.9. The molecule has 2 heteroatoms. The number of ether oxygens (including phenoxy) is 1. The Balaban J connectivity index is 1.55. The van der Waals surface area contributed by atoms with E-state index in [4.69, 9.17) is 4.74 Å². The van der Waals surface area contributed by atoms with E-state index in [2.05, 4.69) is 133 Å². The minimum Gasteiger partial charge on any atom is -0.456 e. The molecule has 5 aromatic rings. The lowest BCUT2D eigenvalue weighted by atomic mass is 10.0. The van der Waals surface area contributed by atoms with Crippen LogP contribution in [0.3, 0.4) is 0 Å². The van der Waals surface area contributed by atoms with Crippen molar-refractivity contribution in [3.05, 3.63) is 151 Å². The Morgan fingerprint density at radius 2 is 0.939 bits per heavy atom. The fourth-order valence-corrected chi connectivity index (χ4v) is 6.36. The van der Waals surface area contributed by atoms with Crippen LogP contribution in [0.4, 0.5) is 0 Å². The summed E-state index contributed by atoms with van der Waals surface area (Å²) < 4.78 is 6.65. The van der Waals surface area contributed by atoms with E-state index in [1.54, 1.807) is 0 Å². The highest BCUT2D eigenvalue weighted by Crippen LogP contribution is 2.38. The van der Waals surface area contributed by atoms with Gasteiger partial charge in [0.15, 0.2) is 0 Å². The van der Waals surface area contributed by atoms with Gasteiger partial charge in [-0.25, -0.2) is 0 Å². The molecule has 0 atom stereocenters. The van der Waals surface area contributed by atoms with Crippen molar-refractivity contribution in [3.63, 3.8) is 0 Å². The fraction of sp³-hybridized carbons (Fsp3) is 0.0323. The molecule has 0 N–H and O–H groups in total. The van der Waals surface area contributed by atoms with E-state index in [0.29, 0.717) is 0 Å². The van der Waals surface area contributed by atoms with E-state index < -0.39 is 7.92 Å². The van der Waals surface area contributed by atoms with Crippen LogP contribution in [-0.4, -0.2) is 0 Å². The van der Waals surface area contributed by atoms with E-state index >= 15 is 0 Å². The summed E-state index contributed by atoms with van der Waals surface area (Å²) in [6.07, 6.45) is 0.839. The monoisotopic (exact) mass is 444 g/mol. The number of benzene rings is 5. The molecule has 1 nitrogen and oxygen atoms in total.